The standard InChI is InChI=1S/C21H24N2O/c1-22(2)18-11-7-16(8-12-18)21(20-6-5-15-24-20)17-9-13-19(14-10-17)23(3)4/h5-15,21H,1-4H3. The van der Waals surface area contributed by atoms with Crippen LogP contribution in [0.5, 0.6) is 0 Å². The Balaban J connectivity index is 2.01. The number of furan rings is 1. The summed E-state index contributed by atoms with van der Waals surface area (Å²) in [4.78, 5) is 4.22. The van der Waals surface area contributed by atoms with E-state index in [9.17, 15) is 0 Å². The van der Waals surface area contributed by atoms with Crippen LogP contribution in [0.4, 0.5) is 11.4 Å². The van der Waals surface area contributed by atoms with Crippen molar-refractivity contribution in [3.05, 3.63) is 83.8 Å². The predicted molar refractivity (Wildman–Crippen MR) is 101 cm³/mol. The fourth-order valence-corrected chi connectivity index (χ4v) is 2.91. The Morgan fingerprint density at radius 2 is 1.12 bits per heavy atom. The van der Waals surface area contributed by atoms with Gasteiger partial charge in [0.2, 0.25) is 0 Å². The first-order valence-corrected chi connectivity index (χ1v) is 8.14. The summed E-state index contributed by atoms with van der Waals surface area (Å²) in [6.07, 6.45) is 1.74. The van der Waals surface area contributed by atoms with Crippen LogP contribution in [-0.2, 0) is 0 Å². The summed E-state index contributed by atoms with van der Waals surface area (Å²) in [5, 5.41) is 0. The summed E-state index contributed by atoms with van der Waals surface area (Å²) in [6.45, 7) is 0. The van der Waals surface area contributed by atoms with Crippen LogP contribution >= 0.6 is 0 Å². The molecule has 1 heterocycles. The lowest BCUT2D eigenvalue weighted by Gasteiger charge is -2.19. The van der Waals surface area contributed by atoms with Crippen LogP contribution in [0, 0.1) is 0 Å². The van der Waals surface area contributed by atoms with E-state index < -0.39 is 0 Å². The molecule has 0 N–H and O–H groups in total. The molecule has 24 heavy (non-hydrogen) atoms. The predicted octanol–water partition coefficient (Wildman–Crippen LogP) is 4.59. The van der Waals surface area contributed by atoms with Gasteiger partial charge in [-0.3, -0.25) is 0 Å². The third-order valence-corrected chi connectivity index (χ3v) is 4.31. The molecule has 0 unspecified atom stereocenters. The van der Waals surface area contributed by atoms with Gasteiger partial charge in [0.1, 0.15) is 5.76 Å². The first-order chi connectivity index (χ1) is 11.6. The van der Waals surface area contributed by atoms with Crippen LogP contribution < -0.4 is 9.80 Å². The Labute approximate surface area is 144 Å². The van der Waals surface area contributed by atoms with E-state index in [1.807, 2.05) is 12.1 Å². The number of rotatable bonds is 5. The topological polar surface area (TPSA) is 19.6 Å². The van der Waals surface area contributed by atoms with Crippen LogP contribution in [0.25, 0.3) is 0 Å². The molecule has 3 heteroatoms. The van der Waals surface area contributed by atoms with Gasteiger partial charge in [0.05, 0.1) is 12.2 Å². The number of nitrogens with zero attached hydrogens (tertiary/aromatic N) is 2. The zero-order valence-corrected chi connectivity index (χ0v) is 14.7. The monoisotopic (exact) mass is 320 g/mol. The fraction of sp³-hybridized carbons (Fsp3) is 0.238. The van der Waals surface area contributed by atoms with Gasteiger partial charge < -0.3 is 14.2 Å². The normalized spacial score (nSPS) is 10.9. The van der Waals surface area contributed by atoms with Crippen LogP contribution in [0.3, 0.4) is 0 Å². The third kappa shape index (κ3) is 3.30. The van der Waals surface area contributed by atoms with Gasteiger partial charge in [-0.05, 0) is 47.5 Å². The smallest absolute Gasteiger partial charge is 0.115 e. The van der Waals surface area contributed by atoms with Crippen LogP contribution in [0.1, 0.15) is 22.8 Å². The van der Waals surface area contributed by atoms with Crippen molar-refractivity contribution in [2.45, 2.75) is 5.92 Å². The van der Waals surface area contributed by atoms with Crippen molar-refractivity contribution in [1.29, 1.82) is 0 Å². The molecule has 0 aliphatic carbocycles. The molecule has 0 bridgehead atoms. The molecule has 3 aromatic rings. The summed E-state index contributed by atoms with van der Waals surface area (Å²) in [5.41, 5.74) is 4.85. The lowest BCUT2D eigenvalue weighted by molar-refractivity contribution is 0.503. The highest BCUT2D eigenvalue weighted by Gasteiger charge is 2.19. The van der Waals surface area contributed by atoms with Gasteiger partial charge in [-0.1, -0.05) is 24.3 Å². The SMILES string of the molecule is CN(C)c1ccc(C(c2ccc(N(C)C)cc2)c2ccco2)cc1. The molecule has 0 aliphatic rings. The van der Waals surface area contributed by atoms with Gasteiger partial charge in [0, 0.05) is 39.6 Å². The minimum atomic E-state index is 0.104. The molecule has 0 aliphatic heterocycles. The van der Waals surface area contributed by atoms with E-state index in [4.69, 9.17) is 4.42 Å². The Morgan fingerprint density at radius 1 is 0.667 bits per heavy atom. The Hall–Kier alpha value is -2.68. The van der Waals surface area contributed by atoms with Crippen molar-refractivity contribution >= 4 is 11.4 Å². The van der Waals surface area contributed by atoms with Crippen LogP contribution in [0.15, 0.2) is 71.3 Å². The second-order valence-electron chi connectivity index (χ2n) is 6.42. The van der Waals surface area contributed by atoms with E-state index in [2.05, 4.69) is 86.5 Å². The molecular formula is C21H24N2O. The third-order valence-electron chi connectivity index (χ3n) is 4.31. The molecule has 2 aromatic carbocycles. The second-order valence-corrected chi connectivity index (χ2v) is 6.42. The molecule has 1 aromatic heterocycles. The summed E-state index contributed by atoms with van der Waals surface area (Å²) in [6, 6.07) is 21.3. The average molecular weight is 320 g/mol. The van der Waals surface area contributed by atoms with Crippen molar-refractivity contribution in [1.82, 2.24) is 0 Å². The maximum atomic E-state index is 5.74. The average Bonchev–Trinajstić information content (AvgIpc) is 3.10. The Kier molecular flexibility index (Phi) is 4.61. The molecule has 0 saturated heterocycles. The zero-order valence-electron chi connectivity index (χ0n) is 14.7. The zero-order chi connectivity index (χ0) is 17.1. The molecule has 0 spiro atoms. The number of anilines is 2. The minimum absolute atomic E-state index is 0.104. The largest absolute Gasteiger partial charge is 0.468 e. The van der Waals surface area contributed by atoms with E-state index in [-0.39, 0.29) is 5.92 Å². The minimum Gasteiger partial charge on any atom is -0.468 e. The van der Waals surface area contributed by atoms with E-state index in [1.165, 1.54) is 22.5 Å². The summed E-state index contributed by atoms with van der Waals surface area (Å²) >= 11 is 0. The molecule has 0 atom stereocenters. The first kappa shape index (κ1) is 16.2. The highest BCUT2D eigenvalue weighted by molar-refractivity contribution is 5.52. The highest BCUT2D eigenvalue weighted by atomic mass is 16.3. The summed E-state index contributed by atoms with van der Waals surface area (Å²) in [7, 11) is 8.22. The molecule has 0 radical (unpaired) electrons. The van der Waals surface area contributed by atoms with E-state index in [1.54, 1.807) is 6.26 Å². The number of benzene rings is 2. The molecule has 0 fully saturated rings. The fourth-order valence-electron chi connectivity index (χ4n) is 2.91. The van der Waals surface area contributed by atoms with Gasteiger partial charge in [-0.2, -0.15) is 0 Å². The number of hydrogen-bond donors (Lipinski definition) is 0. The molecule has 124 valence electrons. The highest BCUT2D eigenvalue weighted by Crippen LogP contribution is 2.33. The van der Waals surface area contributed by atoms with Gasteiger partial charge in [-0.15, -0.1) is 0 Å². The van der Waals surface area contributed by atoms with E-state index in [0.717, 1.165) is 5.76 Å². The maximum absolute atomic E-state index is 5.74. The van der Waals surface area contributed by atoms with Gasteiger partial charge >= 0.3 is 0 Å². The number of hydrogen-bond acceptors (Lipinski definition) is 3. The Bertz CT molecular complexity index is 705. The van der Waals surface area contributed by atoms with Crippen molar-refractivity contribution < 1.29 is 4.42 Å². The van der Waals surface area contributed by atoms with E-state index in [0.29, 0.717) is 0 Å². The summed E-state index contributed by atoms with van der Waals surface area (Å²) in [5.74, 6) is 1.07. The van der Waals surface area contributed by atoms with Gasteiger partial charge in [-0.25, -0.2) is 0 Å². The second kappa shape index (κ2) is 6.83. The van der Waals surface area contributed by atoms with Crippen molar-refractivity contribution in [2.24, 2.45) is 0 Å². The van der Waals surface area contributed by atoms with Gasteiger partial charge in [0.15, 0.2) is 0 Å². The quantitative estimate of drug-likeness (QED) is 0.685. The van der Waals surface area contributed by atoms with Crippen LogP contribution in [0.2, 0.25) is 0 Å². The maximum Gasteiger partial charge on any atom is 0.115 e. The Morgan fingerprint density at radius 3 is 1.46 bits per heavy atom. The van der Waals surface area contributed by atoms with E-state index >= 15 is 0 Å². The van der Waals surface area contributed by atoms with Crippen molar-refractivity contribution in [3.8, 4) is 0 Å². The van der Waals surface area contributed by atoms with Crippen molar-refractivity contribution in [3.63, 3.8) is 0 Å². The van der Waals surface area contributed by atoms with Gasteiger partial charge in [0.25, 0.3) is 0 Å². The van der Waals surface area contributed by atoms with Crippen LogP contribution in [-0.4, -0.2) is 28.2 Å². The van der Waals surface area contributed by atoms with Crippen molar-refractivity contribution in [2.75, 3.05) is 38.0 Å². The molecule has 3 nitrogen and oxygen atoms in total. The molecule has 0 amide bonds. The lowest BCUT2D eigenvalue weighted by Crippen LogP contribution is -2.10. The molecule has 0 saturated carbocycles. The molecule has 3 rings (SSSR count). The molecular weight excluding hydrogens is 296 g/mol. The summed E-state index contributed by atoms with van der Waals surface area (Å²) < 4.78 is 5.74. The first-order valence-electron chi connectivity index (χ1n) is 8.14. The lowest BCUT2D eigenvalue weighted by atomic mass is 9.89.